The van der Waals surface area contributed by atoms with E-state index in [1.165, 1.54) is 15.6 Å². The molecule has 6 nitrogen and oxygen atoms in total. The van der Waals surface area contributed by atoms with Crippen LogP contribution >= 0.6 is 11.3 Å². The molecule has 0 unspecified atom stereocenters. The number of pyridine rings is 1. The number of fused-ring (bicyclic) bond motifs is 1. The van der Waals surface area contributed by atoms with E-state index in [2.05, 4.69) is 9.97 Å². The van der Waals surface area contributed by atoms with Crippen LogP contribution in [-0.4, -0.2) is 48.9 Å². The van der Waals surface area contributed by atoms with Crippen LogP contribution in [0.3, 0.4) is 0 Å². The summed E-state index contributed by atoms with van der Waals surface area (Å²) >= 11 is 1.47. The molecule has 0 aliphatic carbocycles. The molecule has 3 heterocycles. The fourth-order valence-corrected chi connectivity index (χ4v) is 5.45. The molecule has 0 spiro atoms. The zero-order valence-corrected chi connectivity index (χ0v) is 15.8. The van der Waals surface area contributed by atoms with Crippen LogP contribution in [0.4, 0.5) is 13.9 Å². The summed E-state index contributed by atoms with van der Waals surface area (Å²) in [5, 5.41) is 0.802. The minimum Gasteiger partial charge on any atom is -0.347 e. The molecule has 27 heavy (non-hydrogen) atoms. The fourth-order valence-electron chi connectivity index (χ4n) is 3.01. The molecule has 1 aliphatic rings. The lowest BCUT2D eigenvalue weighted by Gasteiger charge is -2.21. The monoisotopic (exact) mass is 410 g/mol. The molecule has 10 heteroatoms. The highest BCUT2D eigenvalue weighted by Gasteiger charge is 2.28. The molecule has 0 N–H and O–H groups in total. The maximum Gasteiger partial charge on any atom is 0.243 e. The van der Waals surface area contributed by atoms with Crippen LogP contribution in [0, 0.1) is 11.6 Å². The Labute approximate surface area is 159 Å². The highest BCUT2D eigenvalue weighted by Crippen LogP contribution is 2.28. The van der Waals surface area contributed by atoms with Gasteiger partial charge in [-0.05, 0) is 36.8 Å². The average molecular weight is 410 g/mol. The lowest BCUT2D eigenvalue weighted by molar-refractivity contribution is 0.431. The number of sulfonamides is 1. The summed E-state index contributed by atoms with van der Waals surface area (Å²) in [4.78, 5) is 11.5. The number of thiazole rings is 1. The molecule has 4 rings (SSSR count). The maximum atomic E-state index is 13.5. The Morgan fingerprint density at radius 3 is 2.67 bits per heavy atom. The van der Waals surface area contributed by atoms with E-state index < -0.39 is 21.7 Å². The molecule has 1 aliphatic heterocycles. The van der Waals surface area contributed by atoms with Crippen molar-refractivity contribution in [3.63, 3.8) is 0 Å². The predicted octanol–water partition coefficient (Wildman–Crippen LogP) is 2.87. The van der Waals surface area contributed by atoms with Crippen LogP contribution < -0.4 is 4.90 Å². The van der Waals surface area contributed by atoms with Gasteiger partial charge >= 0.3 is 0 Å². The number of halogens is 2. The van der Waals surface area contributed by atoms with Gasteiger partial charge in [-0.3, -0.25) is 0 Å². The van der Waals surface area contributed by atoms with Gasteiger partial charge in [-0.1, -0.05) is 11.3 Å². The first-order valence-electron chi connectivity index (χ1n) is 8.37. The summed E-state index contributed by atoms with van der Waals surface area (Å²) in [5.41, 5.74) is 0.813. The zero-order valence-electron chi connectivity index (χ0n) is 14.2. The van der Waals surface area contributed by atoms with Crippen molar-refractivity contribution in [3.8, 4) is 0 Å². The minimum absolute atomic E-state index is 0.237. The minimum atomic E-state index is -3.88. The van der Waals surface area contributed by atoms with Gasteiger partial charge in [0.1, 0.15) is 10.3 Å². The van der Waals surface area contributed by atoms with Crippen LogP contribution in [0.1, 0.15) is 6.42 Å². The number of hydrogen-bond acceptors (Lipinski definition) is 6. The third kappa shape index (κ3) is 3.52. The van der Waals surface area contributed by atoms with Crippen LogP contribution in [0.25, 0.3) is 10.3 Å². The third-order valence-corrected chi connectivity index (χ3v) is 7.34. The topological polar surface area (TPSA) is 66.4 Å². The van der Waals surface area contributed by atoms with Gasteiger partial charge in [0, 0.05) is 32.4 Å². The van der Waals surface area contributed by atoms with Crippen LogP contribution in [0.15, 0.2) is 41.4 Å². The normalized spacial score (nSPS) is 16.6. The fraction of sp³-hybridized carbons (Fsp3) is 0.294. The Morgan fingerprint density at radius 2 is 1.89 bits per heavy atom. The molecule has 1 aromatic carbocycles. The molecule has 3 aromatic rings. The highest BCUT2D eigenvalue weighted by molar-refractivity contribution is 7.89. The largest absolute Gasteiger partial charge is 0.347 e. The van der Waals surface area contributed by atoms with Gasteiger partial charge in [0.25, 0.3) is 0 Å². The van der Waals surface area contributed by atoms with Crippen molar-refractivity contribution in [3.05, 3.63) is 48.2 Å². The summed E-state index contributed by atoms with van der Waals surface area (Å²) in [6.07, 6.45) is 2.31. The van der Waals surface area contributed by atoms with Crippen LogP contribution in [0.5, 0.6) is 0 Å². The van der Waals surface area contributed by atoms with Gasteiger partial charge in [-0.25, -0.2) is 27.2 Å². The van der Waals surface area contributed by atoms with Gasteiger partial charge in [0.05, 0.1) is 4.90 Å². The molecule has 142 valence electrons. The zero-order chi connectivity index (χ0) is 19.0. The molecule has 1 saturated heterocycles. The number of rotatable bonds is 3. The Bertz CT molecular complexity index is 1050. The van der Waals surface area contributed by atoms with Crippen molar-refractivity contribution >= 4 is 36.8 Å². The molecule has 0 radical (unpaired) electrons. The Kier molecular flexibility index (Phi) is 4.79. The molecule has 0 saturated carbocycles. The summed E-state index contributed by atoms with van der Waals surface area (Å²) in [7, 11) is -3.88. The van der Waals surface area contributed by atoms with E-state index in [4.69, 9.17) is 0 Å². The number of nitrogens with zero attached hydrogens (tertiary/aromatic N) is 4. The van der Waals surface area contributed by atoms with Crippen molar-refractivity contribution in [2.24, 2.45) is 0 Å². The molecule has 0 bridgehead atoms. The van der Waals surface area contributed by atoms with Gasteiger partial charge in [0.2, 0.25) is 10.0 Å². The lowest BCUT2D eigenvalue weighted by Crippen LogP contribution is -2.35. The molecule has 0 amide bonds. The van der Waals surface area contributed by atoms with Gasteiger partial charge in [0.15, 0.2) is 16.8 Å². The predicted molar refractivity (Wildman–Crippen MR) is 99.4 cm³/mol. The first kappa shape index (κ1) is 18.2. The molecular weight excluding hydrogens is 394 g/mol. The smallest absolute Gasteiger partial charge is 0.243 e. The number of anilines is 1. The van der Waals surface area contributed by atoms with Crippen molar-refractivity contribution in [1.29, 1.82) is 0 Å². The second-order valence-electron chi connectivity index (χ2n) is 6.14. The lowest BCUT2D eigenvalue weighted by atomic mass is 10.3. The third-order valence-electron chi connectivity index (χ3n) is 4.41. The van der Waals surface area contributed by atoms with E-state index in [9.17, 15) is 17.2 Å². The van der Waals surface area contributed by atoms with Crippen LogP contribution in [0.2, 0.25) is 0 Å². The SMILES string of the molecule is O=S(=O)(c1ccc(F)c(F)c1)N1CCCN(c2nc3cccnc3s2)CC1. The van der Waals surface area contributed by atoms with Gasteiger partial charge < -0.3 is 4.90 Å². The van der Waals surface area contributed by atoms with Gasteiger partial charge in [-0.15, -0.1) is 0 Å². The van der Waals surface area contributed by atoms with E-state index >= 15 is 0 Å². The second kappa shape index (κ2) is 7.10. The van der Waals surface area contributed by atoms with Gasteiger partial charge in [-0.2, -0.15) is 4.31 Å². The molecule has 2 aromatic heterocycles. The van der Waals surface area contributed by atoms with E-state index in [1.807, 2.05) is 17.0 Å². The highest BCUT2D eigenvalue weighted by atomic mass is 32.2. The quantitative estimate of drug-likeness (QED) is 0.664. The van der Waals surface area contributed by atoms with E-state index in [0.717, 1.165) is 33.7 Å². The van der Waals surface area contributed by atoms with Crippen molar-refractivity contribution in [2.75, 3.05) is 31.1 Å². The first-order valence-corrected chi connectivity index (χ1v) is 10.6. The number of benzene rings is 1. The molecular formula is C17H16F2N4O2S2. The van der Waals surface area contributed by atoms with Crippen molar-refractivity contribution in [2.45, 2.75) is 11.3 Å². The average Bonchev–Trinajstić information content (AvgIpc) is 2.92. The first-order chi connectivity index (χ1) is 12.9. The van der Waals surface area contributed by atoms with Crippen molar-refractivity contribution < 1.29 is 17.2 Å². The van der Waals surface area contributed by atoms with Crippen molar-refractivity contribution in [1.82, 2.24) is 14.3 Å². The molecule has 0 atom stereocenters. The maximum absolute atomic E-state index is 13.5. The second-order valence-corrected chi connectivity index (χ2v) is 9.04. The summed E-state index contributed by atoms with van der Waals surface area (Å²) in [6, 6.07) is 6.37. The Balaban J connectivity index is 1.54. The Morgan fingerprint density at radius 1 is 1.04 bits per heavy atom. The summed E-state index contributed by atoms with van der Waals surface area (Å²) in [5.74, 6) is -2.24. The number of aromatic nitrogens is 2. The van der Waals surface area contributed by atoms with E-state index in [-0.39, 0.29) is 11.4 Å². The van der Waals surface area contributed by atoms with E-state index in [0.29, 0.717) is 26.1 Å². The van der Waals surface area contributed by atoms with Crippen LogP contribution in [-0.2, 0) is 10.0 Å². The van der Waals surface area contributed by atoms with E-state index in [1.54, 1.807) is 6.20 Å². The summed E-state index contributed by atoms with van der Waals surface area (Å²) in [6.45, 7) is 1.66. The summed E-state index contributed by atoms with van der Waals surface area (Å²) < 4.78 is 53.5. The molecule has 1 fully saturated rings. The standard InChI is InChI=1S/C17H16F2N4O2S2/c18-13-5-4-12(11-14(13)19)27(24,25)23-8-2-7-22(9-10-23)17-21-15-3-1-6-20-16(15)26-17/h1,3-6,11H,2,7-10H2. The number of hydrogen-bond donors (Lipinski definition) is 0. The Hall–Kier alpha value is -2.17.